The highest BCUT2D eigenvalue weighted by Crippen LogP contribution is 2.43. The number of esters is 2. The van der Waals surface area contributed by atoms with E-state index >= 15 is 0 Å². The van der Waals surface area contributed by atoms with Crippen LogP contribution in [0.1, 0.15) is 232 Å². The molecule has 9 nitrogen and oxygen atoms in total. The average molecular weight is 845 g/mol. The van der Waals surface area contributed by atoms with Crippen LogP contribution < -0.4 is 0 Å². The highest BCUT2D eigenvalue weighted by Gasteiger charge is 2.26. The average Bonchev–Trinajstić information content (AvgIpc) is 3.17. The number of carbonyl (C=O) groups is 2. The first-order chi connectivity index (χ1) is 28.0. The molecule has 0 heterocycles. The van der Waals surface area contributed by atoms with Crippen molar-refractivity contribution < 1.29 is 42.1 Å². The molecule has 344 valence electrons. The lowest BCUT2D eigenvalue weighted by Crippen LogP contribution is -2.37. The third kappa shape index (κ3) is 44.3. The minimum atomic E-state index is -4.39. The van der Waals surface area contributed by atoms with Gasteiger partial charge in [0.15, 0.2) is 6.10 Å². The van der Waals surface area contributed by atoms with Crippen LogP contribution in [-0.2, 0) is 32.7 Å². The molecule has 0 fully saturated rings. The van der Waals surface area contributed by atoms with Crippen molar-refractivity contribution in [2.75, 3.05) is 47.5 Å². The van der Waals surface area contributed by atoms with Crippen LogP contribution in [0.4, 0.5) is 0 Å². The predicted octanol–water partition coefficient (Wildman–Crippen LogP) is 14.1. The Morgan fingerprint density at radius 1 is 0.552 bits per heavy atom. The number of ether oxygens (including phenoxy) is 2. The highest BCUT2D eigenvalue weighted by molar-refractivity contribution is 7.47. The van der Waals surface area contributed by atoms with Crippen LogP contribution in [0.2, 0.25) is 0 Å². The maximum absolute atomic E-state index is 12.6. The zero-order chi connectivity index (χ0) is 42.8. The lowest BCUT2D eigenvalue weighted by atomic mass is 10.0. The molecule has 0 aromatic carbocycles. The molecule has 0 radical (unpaired) electrons. The summed E-state index contributed by atoms with van der Waals surface area (Å²) in [4.78, 5) is 35.4. The van der Waals surface area contributed by atoms with Gasteiger partial charge in [-0.1, -0.05) is 213 Å². The molecule has 0 saturated heterocycles. The number of hydrogen-bond donors (Lipinski definition) is 1. The topological polar surface area (TPSA) is 108 Å². The van der Waals surface area contributed by atoms with Crippen molar-refractivity contribution in [3.63, 3.8) is 0 Å². The molecule has 0 aliphatic rings. The van der Waals surface area contributed by atoms with Crippen LogP contribution in [0.25, 0.3) is 0 Å². The Hall–Kier alpha value is -1.25. The molecule has 0 saturated carbocycles. The summed E-state index contributed by atoms with van der Waals surface area (Å²) in [5.74, 6) is -0.977. The molecular weight excluding hydrogens is 750 g/mol. The second-order valence-electron chi connectivity index (χ2n) is 17.9. The van der Waals surface area contributed by atoms with Crippen LogP contribution >= 0.6 is 7.82 Å². The molecule has 0 aromatic heterocycles. The smallest absolute Gasteiger partial charge is 0.462 e. The molecule has 0 rings (SSSR count). The van der Waals surface area contributed by atoms with E-state index in [9.17, 15) is 19.0 Å². The van der Waals surface area contributed by atoms with E-state index in [1.165, 1.54) is 179 Å². The molecule has 0 bridgehead atoms. The number of allylic oxidation sites excluding steroid dienone is 1. The summed E-state index contributed by atoms with van der Waals surface area (Å²) in [7, 11) is 1.46. The van der Waals surface area contributed by atoms with E-state index in [0.717, 1.165) is 38.5 Å². The van der Waals surface area contributed by atoms with Gasteiger partial charge in [0.2, 0.25) is 0 Å². The van der Waals surface area contributed by atoms with E-state index in [2.05, 4.69) is 13.8 Å². The van der Waals surface area contributed by atoms with Crippen LogP contribution in [0.3, 0.4) is 0 Å². The van der Waals surface area contributed by atoms with Gasteiger partial charge in [-0.15, -0.1) is 0 Å². The Balaban J connectivity index is 4.30. The molecule has 0 aromatic rings. The number of phosphoric ester groups is 1. The van der Waals surface area contributed by atoms with Crippen molar-refractivity contribution in [2.45, 2.75) is 238 Å². The minimum Gasteiger partial charge on any atom is -0.462 e. The molecule has 0 spiro atoms. The van der Waals surface area contributed by atoms with Gasteiger partial charge in [-0.05, 0) is 19.3 Å². The van der Waals surface area contributed by atoms with Gasteiger partial charge in [-0.3, -0.25) is 13.8 Å². The Labute approximate surface area is 358 Å². The predicted molar refractivity (Wildman–Crippen MR) is 243 cm³/mol. The van der Waals surface area contributed by atoms with Crippen molar-refractivity contribution in [3.05, 3.63) is 12.2 Å². The minimum absolute atomic E-state index is 0.0259. The van der Waals surface area contributed by atoms with Gasteiger partial charge in [0, 0.05) is 12.5 Å². The summed E-state index contributed by atoms with van der Waals surface area (Å²) in [5, 5.41) is 0. The van der Waals surface area contributed by atoms with E-state index in [-0.39, 0.29) is 25.6 Å². The van der Waals surface area contributed by atoms with E-state index in [1.54, 1.807) is 6.08 Å². The van der Waals surface area contributed by atoms with Gasteiger partial charge in [-0.25, -0.2) is 9.36 Å². The van der Waals surface area contributed by atoms with Crippen molar-refractivity contribution in [2.24, 2.45) is 0 Å². The summed E-state index contributed by atoms with van der Waals surface area (Å²) in [6.07, 6.45) is 44.5. The monoisotopic (exact) mass is 845 g/mol. The number of unbranched alkanes of at least 4 members (excludes halogenated alkanes) is 31. The molecular formula is C48H95NO8P+. The fraction of sp³-hybridized carbons (Fsp3) is 0.917. The van der Waals surface area contributed by atoms with Crippen molar-refractivity contribution in [3.8, 4) is 0 Å². The van der Waals surface area contributed by atoms with Crippen molar-refractivity contribution in [1.82, 2.24) is 0 Å². The Bertz CT molecular complexity index is 1000. The van der Waals surface area contributed by atoms with Gasteiger partial charge < -0.3 is 18.9 Å². The van der Waals surface area contributed by atoms with Crippen LogP contribution in [0.15, 0.2) is 12.2 Å². The van der Waals surface area contributed by atoms with Crippen molar-refractivity contribution in [1.29, 1.82) is 0 Å². The quantitative estimate of drug-likeness (QED) is 0.0212. The Morgan fingerprint density at radius 2 is 0.931 bits per heavy atom. The second kappa shape index (κ2) is 41.1. The van der Waals surface area contributed by atoms with Crippen LogP contribution in [0, 0.1) is 0 Å². The number of likely N-dealkylation sites (N-methyl/N-ethyl adjacent to an activating group) is 1. The number of quaternary nitrogens is 1. The van der Waals surface area contributed by atoms with Gasteiger partial charge in [-0.2, -0.15) is 0 Å². The standard InChI is InChI=1S/C48H94NO8P/c1-6-8-10-12-14-16-18-20-22-24-26-28-30-32-34-36-38-40-47(50)54-44-46(45-56-58(52,53)55-43-42-49(3,4)5)57-48(51)41-39-37-35-33-31-29-27-25-23-21-19-17-15-13-11-9-7-2/h39,41,46H,6-38,40,42-45H2,1-5H3/p+1/t46-/m1/s1. The molecule has 0 aliphatic carbocycles. The first kappa shape index (κ1) is 56.8. The number of rotatable bonds is 45. The highest BCUT2D eigenvalue weighted by atomic mass is 31.2. The number of phosphoric acid groups is 1. The number of nitrogens with zero attached hydrogens (tertiary/aromatic N) is 1. The summed E-state index contributed by atoms with van der Waals surface area (Å²) < 4.78 is 34.3. The Morgan fingerprint density at radius 3 is 1.33 bits per heavy atom. The molecule has 1 N–H and O–H groups in total. The molecule has 0 amide bonds. The summed E-state index contributed by atoms with van der Waals surface area (Å²) >= 11 is 0. The number of carbonyl (C=O) groups excluding carboxylic acids is 2. The lowest BCUT2D eigenvalue weighted by molar-refractivity contribution is -0.870. The largest absolute Gasteiger partial charge is 0.472 e. The molecule has 58 heavy (non-hydrogen) atoms. The SMILES string of the molecule is CCCCCCCCCCCCCCCCCC=CC(=O)O[C@H](COC(=O)CCCCCCCCCCCCCCCCCCC)COP(=O)(O)OCC[N+](C)(C)C. The third-order valence-corrected chi connectivity index (χ3v) is 11.9. The first-order valence-corrected chi connectivity index (χ1v) is 25.9. The van der Waals surface area contributed by atoms with E-state index in [0.29, 0.717) is 11.0 Å². The molecule has 0 aliphatic heterocycles. The zero-order valence-corrected chi connectivity index (χ0v) is 39.7. The molecule has 1 unspecified atom stereocenters. The van der Waals surface area contributed by atoms with Crippen LogP contribution in [-0.4, -0.2) is 74.9 Å². The maximum atomic E-state index is 12.6. The van der Waals surface area contributed by atoms with E-state index < -0.39 is 26.5 Å². The number of hydrogen-bond acceptors (Lipinski definition) is 7. The first-order valence-electron chi connectivity index (χ1n) is 24.4. The third-order valence-electron chi connectivity index (χ3n) is 10.9. The van der Waals surface area contributed by atoms with Crippen LogP contribution in [0.5, 0.6) is 0 Å². The normalized spacial score (nSPS) is 13.6. The van der Waals surface area contributed by atoms with E-state index in [1.807, 2.05) is 21.1 Å². The molecule has 2 atom stereocenters. The van der Waals surface area contributed by atoms with Crippen molar-refractivity contribution >= 4 is 19.8 Å². The maximum Gasteiger partial charge on any atom is 0.472 e. The van der Waals surface area contributed by atoms with Gasteiger partial charge in [0.25, 0.3) is 0 Å². The zero-order valence-electron chi connectivity index (χ0n) is 38.8. The lowest BCUT2D eigenvalue weighted by Gasteiger charge is -2.24. The fourth-order valence-corrected chi connectivity index (χ4v) is 7.77. The van der Waals surface area contributed by atoms with Gasteiger partial charge in [0.05, 0.1) is 27.7 Å². The van der Waals surface area contributed by atoms with Gasteiger partial charge in [0.1, 0.15) is 19.8 Å². The second-order valence-corrected chi connectivity index (χ2v) is 19.4. The summed E-state index contributed by atoms with van der Waals surface area (Å²) in [6.45, 7) is 4.39. The van der Waals surface area contributed by atoms with E-state index in [4.69, 9.17) is 18.5 Å². The Kier molecular flexibility index (Phi) is 40.2. The summed E-state index contributed by atoms with van der Waals surface area (Å²) in [6, 6.07) is 0. The summed E-state index contributed by atoms with van der Waals surface area (Å²) in [5.41, 5.74) is 0. The fourth-order valence-electron chi connectivity index (χ4n) is 7.03. The molecule has 10 heteroatoms. The van der Waals surface area contributed by atoms with Gasteiger partial charge >= 0.3 is 19.8 Å².